The molecule has 2 aromatic heterocycles. The van der Waals surface area contributed by atoms with Gasteiger partial charge < -0.3 is 4.42 Å². The van der Waals surface area contributed by atoms with Crippen molar-refractivity contribution in [2.45, 2.75) is 18.6 Å². The zero-order valence-electron chi connectivity index (χ0n) is 12.5. The van der Waals surface area contributed by atoms with Crippen molar-refractivity contribution in [2.24, 2.45) is 0 Å². The highest BCUT2D eigenvalue weighted by Gasteiger charge is 2.13. The predicted octanol–water partition coefficient (Wildman–Crippen LogP) is 3.53. The normalized spacial score (nSPS) is 10.8. The summed E-state index contributed by atoms with van der Waals surface area (Å²) in [5.41, 5.74) is 0.729. The molecule has 0 aliphatic carbocycles. The van der Waals surface area contributed by atoms with Gasteiger partial charge in [-0.05, 0) is 24.6 Å². The number of halogens is 1. The van der Waals surface area contributed by atoms with Gasteiger partial charge in [0.15, 0.2) is 0 Å². The van der Waals surface area contributed by atoms with E-state index in [2.05, 4.69) is 25.7 Å². The van der Waals surface area contributed by atoms with Crippen molar-refractivity contribution in [3.8, 4) is 11.5 Å². The van der Waals surface area contributed by atoms with Gasteiger partial charge in [0.25, 0.3) is 5.22 Å². The number of hydrogen-bond donors (Lipinski definition) is 1. The largest absolute Gasteiger partial charge is 0.411 e. The minimum atomic E-state index is -0.207. The van der Waals surface area contributed by atoms with E-state index in [4.69, 9.17) is 16.0 Å². The number of rotatable bonds is 6. The second-order valence-corrected chi connectivity index (χ2v) is 7.00. The highest BCUT2D eigenvalue weighted by Crippen LogP contribution is 2.25. The average Bonchev–Trinajstić information content (AvgIpc) is 3.22. The fraction of sp³-hybridized carbons (Fsp3) is 0.214. The lowest BCUT2D eigenvalue weighted by Crippen LogP contribution is -2.13. The Bertz CT molecular complexity index is 851. The number of carbonyl (C=O) groups excluding carboxylic acids is 1. The van der Waals surface area contributed by atoms with Crippen LogP contribution in [0.4, 0.5) is 5.13 Å². The van der Waals surface area contributed by atoms with Crippen molar-refractivity contribution >= 4 is 45.7 Å². The molecule has 3 aromatic rings. The number of aromatic nitrogens is 4. The van der Waals surface area contributed by atoms with E-state index >= 15 is 0 Å². The number of carbonyl (C=O) groups is 1. The molecule has 7 nitrogen and oxygen atoms in total. The molecule has 3 rings (SSSR count). The summed E-state index contributed by atoms with van der Waals surface area (Å²) in [4.78, 5) is 11.9. The first-order valence-corrected chi connectivity index (χ1v) is 9.16. The monoisotopic (exact) mass is 381 g/mol. The summed E-state index contributed by atoms with van der Waals surface area (Å²) in [7, 11) is 0. The number of amides is 1. The Morgan fingerprint density at radius 2 is 2.21 bits per heavy atom. The standard InChI is InChI=1S/C14H12ClN5O2S2/c1-2-11-17-19-13(24-11)16-10(21)7-23-14-20-18-12(22-14)8-4-3-5-9(15)6-8/h3-6H,2,7H2,1H3,(H,16,19,21). The van der Waals surface area contributed by atoms with Crippen LogP contribution in [-0.2, 0) is 11.2 Å². The van der Waals surface area contributed by atoms with Crippen LogP contribution in [0.2, 0.25) is 5.02 Å². The molecule has 0 aliphatic heterocycles. The first-order chi connectivity index (χ1) is 11.6. The van der Waals surface area contributed by atoms with Crippen LogP contribution in [0, 0.1) is 0 Å². The van der Waals surface area contributed by atoms with Crippen molar-refractivity contribution in [1.82, 2.24) is 20.4 Å². The van der Waals surface area contributed by atoms with Crippen molar-refractivity contribution in [3.63, 3.8) is 0 Å². The van der Waals surface area contributed by atoms with Gasteiger partial charge in [-0.2, -0.15) is 0 Å². The van der Waals surface area contributed by atoms with Crippen molar-refractivity contribution in [3.05, 3.63) is 34.3 Å². The molecule has 24 heavy (non-hydrogen) atoms. The molecule has 0 bridgehead atoms. The zero-order chi connectivity index (χ0) is 16.9. The molecule has 0 spiro atoms. The third-order valence-corrected chi connectivity index (χ3v) is 4.86. The van der Waals surface area contributed by atoms with Gasteiger partial charge in [-0.15, -0.1) is 20.4 Å². The van der Waals surface area contributed by atoms with Gasteiger partial charge >= 0.3 is 0 Å². The summed E-state index contributed by atoms with van der Waals surface area (Å²) in [5.74, 6) is 0.288. The van der Waals surface area contributed by atoms with E-state index in [9.17, 15) is 4.79 Å². The summed E-state index contributed by atoms with van der Waals surface area (Å²) < 4.78 is 5.52. The SMILES string of the molecule is CCc1nnc(NC(=O)CSc2nnc(-c3cccc(Cl)c3)o2)s1. The molecule has 1 N–H and O–H groups in total. The van der Waals surface area contributed by atoms with Crippen LogP contribution in [0.25, 0.3) is 11.5 Å². The molecule has 124 valence electrons. The average molecular weight is 382 g/mol. The van der Waals surface area contributed by atoms with Gasteiger partial charge in [-0.25, -0.2) is 0 Å². The summed E-state index contributed by atoms with van der Waals surface area (Å²) in [6.45, 7) is 1.98. The first kappa shape index (κ1) is 16.9. The fourth-order valence-corrected chi connectivity index (χ4v) is 3.19. The molecule has 1 aromatic carbocycles. The zero-order valence-corrected chi connectivity index (χ0v) is 14.9. The van der Waals surface area contributed by atoms with Gasteiger partial charge in [0.2, 0.25) is 16.9 Å². The third-order valence-electron chi connectivity index (χ3n) is 2.82. The molecule has 10 heteroatoms. The summed E-state index contributed by atoms with van der Waals surface area (Å²) in [6.07, 6.45) is 0.788. The van der Waals surface area contributed by atoms with Gasteiger partial charge in [0, 0.05) is 10.6 Å². The van der Waals surface area contributed by atoms with Crippen LogP contribution in [0.5, 0.6) is 0 Å². The minimum Gasteiger partial charge on any atom is -0.411 e. The second kappa shape index (κ2) is 7.73. The molecule has 0 aliphatic rings. The Labute approximate surface area is 150 Å². The third kappa shape index (κ3) is 4.31. The maximum absolute atomic E-state index is 11.9. The number of anilines is 1. The topological polar surface area (TPSA) is 93.8 Å². The van der Waals surface area contributed by atoms with E-state index in [1.54, 1.807) is 18.2 Å². The molecular weight excluding hydrogens is 370 g/mol. The van der Waals surface area contributed by atoms with Crippen molar-refractivity contribution < 1.29 is 9.21 Å². The number of nitrogens with one attached hydrogen (secondary N) is 1. The summed E-state index contributed by atoms with van der Waals surface area (Å²) in [5, 5.41) is 20.7. The smallest absolute Gasteiger partial charge is 0.277 e. The Balaban J connectivity index is 1.56. The van der Waals surface area contributed by atoms with Crippen LogP contribution in [0.15, 0.2) is 33.9 Å². The maximum atomic E-state index is 11.9. The highest BCUT2D eigenvalue weighted by atomic mass is 35.5. The molecule has 2 heterocycles. The number of nitrogens with zero attached hydrogens (tertiary/aromatic N) is 4. The van der Waals surface area contributed by atoms with Crippen molar-refractivity contribution in [2.75, 3.05) is 11.1 Å². The quantitative estimate of drug-likeness (QED) is 0.652. The molecule has 0 unspecified atom stereocenters. The van der Waals surface area contributed by atoms with Crippen LogP contribution >= 0.6 is 34.7 Å². The second-order valence-electron chi connectivity index (χ2n) is 4.57. The van der Waals surface area contributed by atoms with E-state index in [1.807, 2.05) is 13.0 Å². The van der Waals surface area contributed by atoms with E-state index in [1.165, 1.54) is 11.3 Å². The summed E-state index contributed by atoms with van der Waals surface area (Å²) >= 11 is 8.44. The van der Waals surface area contributed by atoms with Crippen LogP contribution < -0.4 is 5.32 Å². The van der Waals surface area contributed by atoms with Crippen molar-refractivity contribution in [1.29, 1.82) is 0 Å². The fourth-order valence-electron chi connectivity index (χ4n) is 1.74. The maximum Gasteiger partial charge on any atom is 0.277 e. The van der Waals surface area contributed by atoms with Crippen LogP contribution in [-0.4, -0.2) is 32.1 Å². The van der Waals surface area contributed by atoms with Crippen LogP contribution in [0.1, 0.15) is 11.9 Å². The Morgan fingerprint density at radius 3 is 2.96 bits per heavy atom. The van der Waals surface area contributed by atoms with E-state index < -0.39 is 0 Å². The highest BCUT2D eigenvalue weighted by molar-refractivity contribution is 7.99. The van der Waals surface area contributed by atoms with Gasteiger partial charge in [-0.3, -0.25) is 10.1 Å². The molecule has 0 saturated heterocycles. The Hall–Kier alpha value is -1.97. The van der Waals surface area contributed by atoms with Gasteiger partial charge in [-0.1, -0.05) is 47.7 Å². The molecule has 0 radical (unpaired) electrons. The lowest BCUT2D eigenvalue weighted by Gasteiger charge is -1.98. The molecule has 0 fully saturated rings. The molecule has 0 atom stereocenters. The molecular formula is C14H12ClN5O2S2. The number of hydrogen-bond acceptors (Lipinski definition) is 8. The van der Waals surface area contributed by atoms with Gasteiger partial charge in [0.1, 0.15) is 5.01 Å². The predicted molar refractivity (Wildman–Crippen MR) is 93.4 cm³/mol. The van der Waals surface area contributed by atoms with E-state index in [0.29, 0.717) is 21.3 Å². The van der Waals surface area contributed by atoms with Crippen LogP contribution in [0.3, 0.4) is 0 Å². The number of thioether (sulfide) groups is 1. The first-order valence-electron chi connectivity index (χ1n) is 6.98. The molecule has 0 saturated carbocycles. The van der Waals surface area contributed by atoms with E-state index in [-0.39, 0.29) is 11.7 Å². The van der Waals surface area contributed by atoms with E-state index in [0.717, 1.165) is 28.8 Å². The number of aryl methyl sites for hydroxylation is 1. The Kier molecular flexibility index (Phi) is 5.44. The Morgan fingerprint density at radius 1 is 1.33 bits per heavy atom. The molecule has 1 amide bonds. The lowest BCUT2D eigenvalue weighted by atomic mass is 10.2. The summed E-state index contributed by atoms with van der Waals surface area (Å²) in [6, 6.07) is 7.12. The van der Waals surface area contributed by atoms with Gasteiger partial charge in [0.05, 0.1) is 5.75 Å². The number of benzene rings is 1. The minimum absolute atomic E-state index is 0.137. The lowest BCUT2D eigenvalue weighted by molar-refractivity contribution is -0.113.